The van der Waals surface area contributed by atoms with Gasteiger partial charge in [-0.1, -0.05) is 0 Å². The van der Waals surface area contributed by atoms with E-state index in [1.165, 1.54) is 7.11 Å². The van der Waals surface area contributed by atoms with Crippen molar-refractivity contribution in [3.05, 3.63) is 53.6 Å². The van der Waals surface area contributed by atoms with E-state index >= 15 is 0 Å². The highest BCUT2D eigenvalue weighted by Crippen LogP contribution is 2.33. The van der Waals surface area contributed by atoms with Gasteiger partial charge in [0.15, 0.2) is 0 Å². The number of ether oxygens (including phenoxy) is 1. The number of rotatable bonds is 4. The van der Waals surface area contributed by atoms with Gasteiger partial charge in [0.05, 0.1) is 12.8 Å². The van der Waals surface area contributed by atoms with Gasteiger partial charge < -0.3 is 15.0 Å². The summed E-state index contributed by atoms with van der Waals surface area (Å²) in [6, 6.07) is 7.47. The Kier molecular flexibility index (Phi) is 5.16. The number of carbonyl (C=O) groups is 2. The molecular formula is C19H18F2N2O3. The van der Waals surface area contributed by atoms with Crippen molar-refractivity contribution >= 4 is 23.2 Å². The van der Waals surface area contributed by atoms with E-state index in [0.29, 0.717) is 36.2 Å². The van der Waals surface area contributed by atoms with Crippen molar-refractivity contribution in [3.8, 4) is 5.75 Å². The molecule has 3 rings (SSSR count). The number of hydrogen-bond donors (Lipinski definition) is 1. The Bertz CT molecular complexity index is 834. The molecule has 0 unspecified atom stereocenters. The fourth-order valence-electron chi connectivity index (χ4n) is 2.93. The molecule has 26 heavy (non-hydrogen) atoms. The fraction of sp³-hybridized carbons (Fsp3) is 0.263. The molecule has 0 bridgehead atoms. The lowest BCUT2D eigenvalue weighted by Crippen LogP contribution is -2.35. The fourth-order valence-corrected chi connectivity index (χ4v) is 2.93. The second-order valence-corrected chi connectivity index (χ2v) is 6.00. The highest BCUT2D eigenvalue weighted by molar-refractivity contribution is 6.05. The summed E-state index contributed by atoms with van der Waals surface area (Å²) < 4.78 is 31.9. The Morgan fingerprint density at radius 3 is 2.50 bits per heavy atom. The standard InChI is InChI=1S/C19H18F2N2O3/c1-26-17-6-5-15(11-16(17)23-7-3-2-4-18(23)24)22-19(25)12-8-13(20)10-14(21)9-12/h5-6,8-11H,2-4,7H2,1H3,(H,22,25). The molecule has 2 aromatic carbocycles. The summed E-state index contributed by atoms with van der Waals surface area (Å²) in [5, 5.41) is 2.59. The monoisotopic (exact) mass is 360 g/mol. The number of anilines is 2. The molecule has 7 heteroatoms. The largest absolute Gasteiger partial charge is 0.495 e. The first-order chi connectivity index (χ1) is 12.5. The maximum atomic E-state index is 13.3. The van der Waals surface area contributed by atoms with E-state index in [0.717, 1.165) is 25.0 Å². The normalized spacial score (nSPS) is 14.3. The van der Waals surface area contributed by atoms with Crippen molar-refractivity contribution in [1.82, 2.24) is 0 Å². The highest BCUT2D eigenvalue weighted by Gasteiger charge is 2.23. The molecule has 0 aliphatic carbocycles. The van der Waals surface area contributed by atoms with Crippen molar-refractivity contribution in [1.29, 1.82) is 0 Å². The zero-order valence-electron chi connectivity index (χ0n) is 14.2. The van der Waals surface area contributed by atoms with Crippen LogP contribution in [0.1, 0.15) is 29.6 Å². The first kappa shape index (κ1) is 17.8. The van der Waals surface area contributed by atoms with Gasteiger partial charge in [-0.05, 0) is 43.2 Å². The van der Waals surface area contributed by atoms with Gasteiger partial charge in [0.25, 0.3) is 5.91 Å². The van der Waals surface area contributed by atoms with Crippen LogP contribution in [0.25, 0.3) is 0 Å². The molecule has 0 saturated carbocycles. The average molecular weight is 360 g/mol. The highest BCUT2D eigenvalue weighted by atomic mass is 19.1. The minimum atomic E-state index is -0.829. The number of halogens is 2. The van der Waals surface area contributed by atoms with Crippen LogP contribution in [0.2, 0.25) is 0 Å². The number of piperidine rings is 1. The van der Waals surface area contributed by atoms with Crippen LogP contribution in [0.4, 0.5) is 20.2 Å². The predicted molar refractivity (Wildman–Crippen MR) is 93.5 cm³/mol. The second-order valence-electron chi connectivity index (χ2n) is 6.00. The Balaban J connectivity index is 1.87. The van der Waals surface area contributed by atoms with Gasteiger partial charge in [0, 0.05) is 30.3 Å². The summed E-state index contributed by atoms with van der Waals surface area (Å²) in [7, 11) is 1.50. The van der Waals surface area contributed by atoms with Crippen LogP contribution in [0.15, 0.2) is 36.4 Å². The van der Waals surface area contributed by atoms with Crippen LogP contribution in [0, 0.1) is 11.6 Å². The van der Waals surface area contributed by atoms with E-state index < -0.39 is 17.5 Å². The molecule has 0 radical (unpaired) electrons. The number of carbonyl (C=O) groups excluding carboxylic acids is 2. The van der Waals surface area contributed by atoms with Gasteiger partial charge in [-0.3, -0.25) is 9.59 Å². The number of methoxy groups -OCH3 is 1. The topological polar surface area (TPSA) is 58.6 Å². The first-order valence-electron chi connectivity index (χ1n) is 8.24. The SMILES string of the molecule is COc1ccc(NC(=O)c2cc(F)cc(F)c2)cc1N1CCCCC1=O. The summed E-state index contributed by atoms with van der Waals surface area (Å²) in [6.07, 6.45) is 2.19. The molecule has 0 spiro atoms. The lowest BCUT2D eigenvalue weighted by Gasteiger charge is -2.28. The quantitative estimate of drug-likeness (QED) is 0.904. The number of benzene rings is 2. The Morgan fingerprint density at radius 1 is 1.12 bits per heavy atom. The smallest absolute Gasteiger partial charge is 0.255 e. The van der Waals surface area contributed by atoms with E-state index in [2.05, 4.69) is 5.32 Å². The molecule has 0 atom stereocenters. The maximum absolute atomic E-state index is 13.3. The van der Waals surface area contributed by atoms with Crippen LogP contribution in [0.5, 0.6) is 5.75 Å². The Morgan fingerprint density at radius 2 is 1.85 bits per heavy atom. The zero-order chi connectivity index (χ0) is 18.7. The molecule has 1 aliphatic rings. The van der Waals surface area contributed by atoms with Crippen LogP contribution >= 0.6 is 0 Å². The molecule has 1 aliphatic heterocycles. The Hall–Kier alpha value is -2.96. The van der Waals surface area contributed by atoms with Gasteiger partial charge in [-0.25, -0.2) is 8.78 Å². The molecule has 1 fully saturated rings. The van der Waals surface area contributed by atoms with Crippen molar-refractivity contribution in [2.24, 2.45) is 0 Å². The predicted octanol–water partition coefficient (Wildman–Crippen LogP) is 3.74. The lowest BCUT2D eigenvalue weighted by molar-refractivity contribution is -0.119. The number of hydrogen-bond acceptors (Lipinski definition) is 3. The van der Waals surface area contributed by atoms with E-state index in [1.807, 2.05) is 0 Å². The van der Waals surface area contributed by atoms with Crippen molar-refractivity contribution < 1.29 is 23.1 Å². The molecule has 1 N–H and O–H groups in total. The van der Waals surface area contributed by atoms with E-state index in [4.69, 9.17) is 4.74 Å². The zero-order valence-corrected chi connectivity index (χ0v) is 14.2. The van der Waals surface area contributed by atoms with Crippen molar-refractivity contribution in [2.45, 2.75) is 19.3 Å². The molecular weight excluding hydrogens is 342 g/mol. The molecule has 5 nitrogen and oxygen atoms in total. The second kappa shape index (κ2) is 7.51. The van der Waals surface area contributed by atoms with Crippen molar-refractivity contribution in [3.63, 3.8) is 0 Å². The third-order valence-corrected chi connectivity index (χ3v) is 4.18. The van der Waals surface area contributed by atoms with Gasteiger partial charge in [-0.2, -0.15) is 0 Å². The molecule has 1 saturated heterocycles. The van der Waals surface area contributed by atoms with Crippen LogP contribution in [-0.2, 0) is 4.79 Å². The van der Waals surface area contributed by atoms with E-state index in [1.54, 1.807) is 23.1 Å². The van der Waals surface area contributed by atoms with Gasteiger partial charge in [0.1, 0.15) is 17.4 Å². The number of amides is 2. The lowest BCUT2D eigenvalue weighted by atomic mass is 10.1. The summed E-state index contributed by atoms with van der Waals surface area (Å²) in [6.45, 7) is 0.571. The maximum Gasteiger partial charge on any atom is 0.255 e. The molecule has 2 amide bonds. The van der Waals surface area contributed by atoms with Gasteiger partial charge in [-0.15, -0.1) is 0 Å². The summed E-state index contributed by atoms with van der Waals surface area (Å²) in [4.78, 5) is 26.1. The minimum Gasteiger partial charge on any atom is -0.495 e. The van der Waals surface area contributed by atoms with Gasteiger partial charge >= 0.3 is 0 Å². The minimum absolute atomic E-state index is 0.00905. The van der Waals surface area contributed by atoms with Crippen LogP contribution < -0.4 is 15.0 Å². The molecule has 0 aromatic heterocycles. The average Bonchev–Trinajstić information content (AvgIpc) is 2.61. The molecule has 1 heterocycles. The number of nitrogens with zero attached hydrogens (tertiary/aromatic N) is 1. The van der Waals surface area contributed by atoms with E-state index in [-0.39, 0.29) is 11.5 Å². The summed E-state index contributed by atoms with van der Waals surface area (Å²) >= 11 is 0. The Labute approximate surface area is 149 Å². The first-order valence-corrected chi connectivity index (χ1v) is 8.24. The molecule has 2 aromatic rings. The third kappa shape index (κ3) is 3.82. The van der Waals surface area contributed by atoms with Crippen molar-refractivity contribution in [2.75, 3.05) is 23.9 Å². The summed E-state index contributed by atoms with van der Waals surface area (Å²) in [5.74, 6) is -1.81. The van der Waals surface area contributed by atoms with E-state index in [9.17, 15) is 18.4 Å². The third-order valence-electron chi connectivity index (χ3n) is 4.18. The van der Waals surface area contributed by atoms with Crippen LogP contribution in [0.3, 0.4) is 0 Å². The summed E-state index contributed by atoms with van der Waals surface area (Å²) in [5.41, 5.74) is 0.822. The number of nitrogens with one attached hydrogen (secondary N) is 1. The van der Waals surface area contributed by atoms with Gasteiger partial charge in [0.2, 0.25) is 5.91 Å². The van der Waals surface area contributed by atoms with Crippen LogP contribution in [-0.4, -0.2) is 25.5 Å². The molecule has 136 valence electrons.